The molecule has 2 aromatic carbocycles. The van der Waals surface area contributed by atoms with E-state index in [1.807, 2.05) is 6.07 Å². The molecule has 0 bridgehead atoms. The Morgan fingerprint density at radius 3 is 2.22 bits per heavy atom. The van der Waals surface area contributed by atoms with E-state index in [1.54, 1.807) is 19.1 Å². The molecule has 0 unspecified atom stereocenters. The second kappa shape index (κ2) is 11.3. The van der Waals surface area contributed by atoms with E-state index in [2.05, 4.69) is 78.3 Å². The summed E-state index contributed by atoms with van der Waals surface area (Å²) in [6.45, 7) is 14.3. The Labute approximate surface area is 225 Å². The number of nitrogens with one attached hydrogen (secondary N) is 1. The third kappa shape index (κ3) is 5.28. The number of sulfonamides is 1. The zero-order valence-electron chi connectivity index (χ0n) is 22.2. The topological polar surface area (TPSA) is 65.6 Å². The van der Waals surface area contributed by atoms with E-state index in [1.165, 1.54) is 0 Å². The van der Waals surface area contributed by atoms with Crippen molar-refractivity contribution in [2.45, 2.75) is 44.4 Å². The van der Waals surface area contributed by atoms with Gasteiger partial charge in [-0.25, -0.2) is 17.7 Å². The van der Waals surface area contributed by atoms with Crippen LogP contribution < -0.4 is 19.6 Å². The highest BCUT2D eigenvalue weighted by atomic mass is 32.2. The lowest BCUT2D eigenvalue weighted by molar-refractivity contribution is 0.583. The summed E-state index contributed by atoms with van der Waals surface area (Å²) in [7, 11) is -3.59. The van der Waals surface area contributed by atoms with Crippen molar-refractivity contribution in [1.29, 1.82) is 0 Å². The van der Waals surface area contributed by atoms with Crippen LogP contribution in [0.5, 0.6) is 0 Å². The summed E-state index contributed by atoms with van der Waals surface area (Å²) < 4.78 is 36.6. The van der Waals surface area contributed by atoms with Crippen LogP contribution in [0.25, 0.3) is 33.4 Å². The van der Waals surface area contributed by atoms with Gasteiger partial charge >= 0.3 is 0 Å². The van der Waals surface area contributed by atoms with E-state index in [0.717, 1.165) is 70.6 Å². The van der Waals surface area contributed by atoms with Crippen molar-refractivity contribution in [1.82, 2.24) is 9.30 Å². The van der Waals surface area contributed by atoms with E-state index in [4.69, 9.17) is 17.0 Å². The van der Waals surface area contributed by atoms with E-state index in [0.29, 0.717) is 11.4 Å². The molecule has 2 aromatic rings. The smallest absolute Gasteiger partial charge is 0.240 e. The first-order chi connectivity index (χ1) is 17.8. The van der Waals surface area contributed by atoms with Crippen molar-refractivity contribution in [3.05, 3.63) is 60.0 Å². The molecule has 0 atom stereocenters. The largest absolute Gasteiger partial charge is 0.456 e. The number of hydrogen-bond acceptors (Lipinski definition) is 5. The van der Waals surface area contributed by atoms with Gasteiger partial charge in [-0.1, -0.05) is 13.0 Å². The van der Waals surface area contributed by atoms with Crippen LogP contribution in [0.3, 0.4) is 0 Å². The van der Waals surface area contributed by atoms with Gasteiger partial charge in [-0.15, -0.1) is 12.6 Å². The molecule has 1 N–H and O–H groups in total. The number of hydrogen-bond donors (Lipinski definition) is 2. The molecule has 1 aliphatic carbocycles. The second-order valence-corrected chi connectivity index (χ2v) is 11.1. The predicted molar refractivity (Wildman–Crippen MR) is 156 cm³/mol. The Morgan fingerprint density at radius 1 is 0.892 bits per heavy atom. The summed E-state index contributed by atoms with van der Waals surface area (Å²) in [6, 6.07) is 17.7. The predicted octanol–water partition coefficient (Wildman–Crippen LogP) is 5.45. The van der Waals surface area contributed by atoms with Crippen LogP contribution in [0.2, 0.25) is 0 Å². The quantitative estimate of drug-likeness (QED) is 0.169. The van der Waals surface area contributed by atoms with Gasteiger partial charge in [0.15, 0.2) is 0 Å². The first-order valence-corrected chi connectivity index (χ1v) is 14.9. The Kier molecular flexibility index (Phi) is 8.31. The first kappa shape index (κ1) is 27.2. The summed E-state index contributed by atoms with van der Waals surface area (Å²) in [5.74, 6) is 0.778. The van der Waals surface area contributed by atoms with Crippen molar-refractivity contribution in [2.24, 2.45) is 0 Å². The maximum Gasteiger partial charge on any atom is 0.240 e. The lowest BCUT2D eigenvalue weighted by Crippen LogP contribution is -2.29. The molecule has 1 heterocycles. The lowest BCUT2D eigenvalue weighted by Gasteiger charge is -2.22. The van der Waals surface area contributed by atoms with Crippen LogP contribution in [0.15, 0.2) is 68.8 Å². The Bertz CT molecular complexity index is 1570. The summed E-state index contributed by atoms with van der Waals surface area (Å²) in [5, 5.41) is 2.06. The second-order valence-electron chi connectivity index (χ2n) is 8.86. The van der Waals surface area contributed by atoms with E-state index in [9.17, 15) is 8.42 Å². The first-order valence-electron chi connectivity index (χ1n) is 12.9. The van der Waals surface area contributed by atoms with Gasteiger partial charge in [-0.05, 0) is 63.6 Å². The highest BCUT2D eigenvalue weighted by Crippen LogP contribution is 2.43. The van der Waals surface area contributed by atoms with Crippen LogP contribution >= 0.6 is 12.6 Å². The number of nitrogens with zero attached hydrogens (tertiary/aromatic N) is 2. The molecular formula is C29H36N3O3S2+. The highest BCUT2D eigenvalue weighted by Gasteiger charge is 2.22. The van der Waals surface area contributed by atoms with Crippen LogP contribution in [0.4, 0.5) is 5.69 Å². The van der Waals surface area contributed by atoms with Crippen LogP contribution in [-0.2, 0) is 10.0 Å². The number of thiol groups is 1. The summed E-state index contributed by atoms with van der Waals surface area (Å²) >= 11 is 4.76. The minimum absolute atomic E-state index is 0.199. The zero-order valence-corrected chi connectivity index (χ0v) is 23.9. The van der Waals surface area contributed by atoms with E-state index >= 15 is 0 Å². The molecule has 0 radical (unpaired) electrons. The van der Waals surface area contributed by atoms with Gasteiger partial charge < -0.3 is 9.32 Å². The fourth-order valence-corrected chi connectivity index (χ4v) is 6.37. The van der Waals surface area contributed by atoms with Crippen molar-refractivity contribution in [3.63, 3.8) is 0 Å². The number of fused-ring (bicyclic) bond motifs is 2. The SMILES string of the molecule is CCNS(=O)(=O)c1ccc(-c2c3ccc(=[N+](CC)CC)cc-3oc3cc(N(CC)CC)ccc23)c(S)c1. The Hall–Kier alpha value is -2.81. The molecular weight excluding hydrogens is 502 g/mol. The van der Waals surface area contributed by atoms with E-state index < -0.39 is 10.0 Å². The van der Waals surface area contributed by atoms with Gasteiger partial charge in [0.25, 0.3) is 0 Å². The third-order valence-corrected chi connectivity index (χ3v) is 8.74. The minimum atomic E-state index is -3.59. The van der Waals surface area contributed by atoms with Gasteiger partial charge in [0, 0.05) is 58.9 Å². The summed E-state index contributed by atoms with van der Waals surface area (Å²) in [5.41, 5.74) is 4.67. The average molecular weight is 539 g/mol. The number of rotatable bonds is 9. The summed E-state index contributed by atoms with van der Waals surface area (Å²) in [6.07, 6.45) is 0. The van der Waals surface area contributed by atoms with Gasteiger partial charge in [0.2, 0.25) is 15.4 Å². The third-order valence-electron chi connectivity index (χ3n) is 6.83. The lowest BCUT2D eigenvalue weighted by atomic mass is 9.93. The molecule has 0 amide bonds. The van der Waals surface area contributed by atoms with E-state index in [-0.39, 0.29) is 4.90 Å². The molecule has 0 saturated heterocycles. The minimum Gasteiger partial charge on any atom is -0.456 e. The molecule has 37 heavy (non-hydrogen) atoms. The van der Waals surface area contributed by atoms with Crippen LogP contribution in [-0.4, -0.2) is 41.1 Å². The molecule has 0 saturated carbocycles. The molecule has 4 rings (SSSR count). The van der Waals surface area contributed by atoms with Gasteiger partial charge in [0.1, 0.15) is 24.4 Å². The highest BCUT2D eigenvalue weighted by molar-refractivity contribution is 7.89. The number of anilines is 1. The van der Waals surface area contributed by atoms with Crippen LogP contribution in [0.1, 0.15) is 34.6 Å². The van der Waals surface area contributed by atoms with Crippen molar-refractivity contribution in [2.75, 3.05) is 37.6 Å². The number of benzene rings is 3. The zero-order chi connectivity index (χ0) is 26.7. The van der Waals surface area contributed by atoms with Gasteiger partial charge in [-0.3, -0.25) is 0 Å². The fourth-order valence-electron chi connectivity index (χ4n) is 4.89. The average Bonchev–Trinajstić information content (AvgIpc) is 2.88. The van der Waals surface area contributed by atoms with Gasteiger partial charge in [-0.2, -0.15) is 0 Å². The molecule has 2 aliphatic rings. The molecule has 196 valence electrons. The molecule has 6 nitrogen and oxygen atoms in total. The summed E-state index contributed by atoms with van der Waals surface area (Å²) in [4.78, 5) is 3.08. The van der Waals surface area contributed by atoms with Gasteiger partial charge in [0.05, 0.1) is 11.0 Å². The van der Waals surface area contributed by atoms with Crippen molar-refractivity contribution < 1.29 is 12.8 Å². The Balaban J connectivity index is 2.05. The molecule has 1 aliphatic heterocycles. The standard InChI is InChI=1S/C29H35N3O3S2/c1-6-30-37(33,34)22-13-16-25(28(36)19-22)29-23-14-11-20(31(7-2)8-3)17-26(23)35-27-18-21(12-15-24(27)29)32(9-4)10-5/h11-19,30H,6-10H2,1-5H3/p+1. The molecule has 0 aromatic heterocycles. The molecule has 8 heteroatoms. The van der Waals surface area contributed by atoms with Crippen molar-refractivity contribution >= 4 is 39.3 Å². The fraction of sp³-hybridized carbons (Fsp3) is 0.345. The molecule has 0 fully saturated rings. The van der Waals surface area contributed by atoms with Crippen LogP contribution in [0, 0.1) is 0 Å². The maximum atomic E-state index is 12.6. The van der Waals surface area contributed by atoms with Crippen molar-refractivity contribution in [3.8, 4) is 22.5 Å². The Morgan fingerprint density at radius 2 is 1.59 bits per heavy atom. The maximum absolute atomic E-state index is 12.6. The monoisotopic (exact) mass is 538 g/mol. The molecule has 0 spiro atoms. The normalized spacial score (nSPS) is 11.8.